The second-order valence-corrected chi connectivity index (χ2v) is 9.82. The Morgan fingerprint density at radius 2 is 1.85 bits per heavy atom. The highest BCUT2D eigenvalue weighted by Gasteiger charge is 2.39. The molecule has 4 bridgehead atoms. The van der Waals surface area contributed by atoms with Gasteiger partial charge in [0.25, 0.3) is 11.8 Å². The zero-order chi connectivity index (χ0) is 28.9. The molecule has 12 heteroatoms. The van der Waals surface area contributed by atoms with Crippen molar-refractivity contribution in [2.24, 2.45) is 0 Å². The number of likely N-dealkylation sites (tertiary alicyclic amines) is 1. The fraction of sp³-hybridized carbons (Fsp3) is 0.379. The van der Waals surface area contributed by atoms with Gasteiger partial charge < -0.3 is 38.9 Å². The standard InChI is InChI=1S/C29H32N4O8/c1-17-28(31-16-40-17)29(36)33-13-21-25(14-33)41-20-7-6-19(23(11-20)37-2)12-30-26(34)9-5-18-4-8-22(24(10-18)38-3)39-15-27(35)32-21/h4,6-8,10-11,16,21,25H,5,9,12-15H2,1-3H3,(H,30,34)(H,32,35)/t21-,25-/m1/s1. The van der Waals surface area contributed by atoms with Gasteiger partial charge in [-0.05, 0) is 43.2 Å². The molecule has 6 heterocycles. The molecule has 0 radical (unpaired) electrons. The molecule has 41 heavy (non-hydrogen) atoms. The number of carbonyl (C=O) groups excluding carboxylic acids is 3. The van der Waals surface area contributed by atoms with Gasteiger partial charge in [-0.3, -0.25) is 14.4 Å². The smallest absolute Gasteiger partial charge is 0.276 e. The molecule has 1 aromatic heterocycles. The average molecular weight is 565 g/mol. The van der Waals surface area contributed by atoms with Gasteiger partial charge in [-0.1, -0.05) is 6.07 Å². The molecule has 0 unspecified atom stereocenters. The third-order valence-electron chi connectivity index (χ3n) is 7.10. The Morgan fingerprint density at radius 1 is 1.02 bits per heavy atom. The number of aromatic nitrogens is 1. The fourth-order valence-corrected chi connectivity index (χ4v) is 4.90. The molecule has 2 atom stereocenters. The van der Waals surface area contributed by atoms with Gasteiger partial charge in [-0.25, -0.2) is 4.98 Å². The Morgan fingerprint density at radius 3 is 2.61 bits per heavy atom. The lowest BCUT2D eigenvalue weighted by Crippen LogP contribution is -2.46. The number of hydrogen-bond donors (Lipinski definition) is 2. The topological polar surface area (TPSA) is 141 Å². The van der Waals surface area contributed by atoms with Crippen LogP contribution >= 0.6 is 0 Å². The average Bonchev–Trinajstić information content (AvgIpc) is 3.59. The van der Waals surface area contributed by atoms with E-state index in [1.165, 1.54) is 13.5 Å². The van der Waals surface area contributed by atoms with Crippen molar-refractivity contribution in [3.05, 3.63) is 65.4 Å². The van der Waals surface area contributed by atoms with E-state index in [1.54, 1.807) is 43.2 Å². The number of oxazole rings is 1. The Bertz CT molecular complexity index is 1440. The van der Waals surface area contributed by atoms with E-state index in [4.69, 9.17) is 23.4 Å². The van der Waals surface area contributed by atoms with Crippen molar-refractivity contribution in [2.45, 2.75) is 38.5 Å². The SMILES string of the molecule is COc1cc2ccc1CNC(=O)CCc1ccc(c(OC)c1)OCC(=O)N[C@@H]1CN(C(=O)c3ncoc3C)C[C@H]1O2. The van der Waals surface area contributed by atoms with Gasteiger partial charge in [-0.2, -0.15) is 0 Å². The molecule has 5 aliphatic rings. The van der Waals surface area contributed by atoms with Gasteiger partial charge in [0.05, 0.1) is 26.8 Å². The van der Waals surface area contributed by atoms with Gasteiger partial charge in [0, 0.05) is 31.1 Å². The summed E-state index contributed by atoms with van der Waals surface area (Å²) in [4.78, 5) is 44.4. The molecule has 12 nitrogen and oxygen atoms in total. The van der Waals surface area contributed by atoms with E-state index in [1.807, 2.05) is 12.1 Å². The minimum atomic E-state index is -0.579. The first-order valence-corrected chi connectivity index (χ1v) is 13.2. The van der Waals surface area contributed by atoms with E-state index in [2.05, 4.69) is 15.6 Å². The monoisotopic (exact) mass is 564 g/mol. The molecule has 0 saturated carbocycles. The molecule has 1 saturated heterocycles. The van der Waals surface area contributed by atoms with Gasteiger partial charge in [-0.15, -0.1) is 0 Å². The van der Waals surface area contributed by atoms with Crippen LogP contribution in [-0.4, -0.2) is 73.7 Å². The minimum Gasteiger partial charge on any atom is -0.496 e. The summed E-state index contributed by atoms with van der Waals surface area (Å²) < 4.78 is 28.3. The van der Waals surface area contributed by atoms with Crippen LogP contribution in [0.5, 0.6) is 23.0 Å². The van der Waals surface area contributed by atoms with Crippen LogP contribution in [-0.2, 0) is 22.6 Å². The zero-order valence-electron chi connectivity index (χ0n) is 23.1. The Kier molecular flexibility index (Phi) is 8.27. The molecule has 0 aliphatic carbocycles. The first-order valence-electron chi connectivity index (χ1n) is 13.2. The van der Waals surface area contributed by atoms with Crippen LogP contribution in [0.1, 0.15) is 33.8 Å². The number of benzene rings is 2. The number of hydrogen-bond acceptors (Lipinski definition) is 9. The lowest BCUT2D eigenvalue weighted by molar-refractivity contribution is -0.124. The van der Waals surface area contributed by atoms with Crippen LogP contribution in [0.25, 0.3) is 0 Å². The van der Waals surface area contributed by atoms with Gasteiger partial charge >= 0.3 is 0 Å². The number of ether oxygens (including phenoxy) is 4. The van der Waals surface area contributed by atoms with Gasteiger partial charge in [0.1, 0.15) is 23.4 Å². The highest BCUT2D eigenvalue weighted by molar-refractivity contribution is 5.93. The lowest BCUT2D eigenvalue weighted by atomic mass is 10.1. The van der Waals surface area contributed by atoms with Crippen molar-refractivity contribution >= 4 is 17.7 Å². The largest absolute Gasteiger partial charge is 0.496 e. The van der Waals surface area contributed by atoms with Crippen LogP contribution in [0.2, 0.25) is 0 Å². The van der Waals surface area contributed by atoms with E-state index in [9.17, 15) is 14.4 Å². The molecular formula is C29H32N4O8. The highest BCUT2D eigenvalue weighted by atomic mass is 16.5. The first-order chi connectivity index (χ1) is 19.8. The van der Waals surface area contributed by atoms with Crippen LogP contribution in [0.4, 0.5) is 0 Å². The summed E-state index contributed by atoms with van der Waals surface area (Å²) in [5, 5.41) is 5.89. The zero-order valence-corrected chi connectivity index (χ0v) is 23.1. The third-order valence-corrected chi connectivity index (χ3v) is 7.10. The van der Waals surface area contributed by atoms with Crippen LogP contribution in [0, 0.1) is 6.92 Å². The van der Waals surface area contributed by atoms with Crippen molar-refractivity contribution in [2.75, 3.05) is 33.9 Å². The maximum Gasteiger partial charge on any atom is 0.276 e. The van der Waals surface area contributed by atoms with Crippen LogP contribution < -0.4 is 29.6 Å². The molecule has 0 spiro atoms. The number of nitrogens with one attached hydrogen (secondary N) is 2. The normalized spacial score (nSPS) is 19.4. The summed E-state index contributed by atoms with van der Waals surface area (Å²) in [6, 6.07) is 10.1. The quantitative estimate of drug-likeness (QED) is 0.489. The van der Waals surface area contributed by atoms with Crippen LogP contribution in [0.3, 0.4) is 0 Å². The van der Waals surface area contributed by atoms with Gasteiger partial charge in [0.15, 0.2) is 30.2 Å². The molecule has 1 fully saturated rings. The maximum atomic E-state index is 13.2. The van der Waals surface area contributed by atoms with Crippen molar-refractivity contribution in [1.29, 1.82) is 0 Å². The molecule has 2 aromatic carbocycles. The number of rotatable bonds is 3. The van der Waals surface area contributed by atoms with E-state index >= 15 is 0 Å². The maximum absolute atomic E-state index is 13.2. The number of amides is 3. The summed E-state index contributed by atoms with van der Waals surface area (Å²) in [5.74, 6) is 1.46. The van der Waals surface area contributed by atoms with Crippen molar-refractivity contribution in [1.82, 2.24) is 20.5 Å². The van der Waals surface area contributed by atoms with E-state index < -0.39 is 12.1 Å². The second-order valence-electron chi connectivity index (χ2n) is 9.82. The van der Waals surface area contributed by atoms with Crippen molar-refractivity contribution < 1.29 is 37.7 Å². The Labute approximate surface area is 236 Å². The van der Waals surface area contributed by atoms with Crippen LogP contribution in [0.15, 0.2) is 47.2 Å². The van der Waals surface area contributed by atoms with E-state index in [-0.39, 0.29) is 56.1 Å². The molecule has 8 rings (SSSR count). The van der Waals surface area contributed by atoms with Gasteiger partial charge in [0.2, 0.25) is 5.91 Å². The van der Waals surface area contributed by atoms with Crippen molar-refractivity contribution in [3.8, 4) is 23.0 Å². The molecule has 2 N–H and O–H groups in total. The van der Waals surface area contributed by atoms with Crippen molar-refractivity contribution in [3.63, 3.8) is 0 Å². The molecule has 3 amide bonds. The number of carbonyl (C=O) groups is 3. The first kappa shape index (κ1) is 27.8. The predicted molar refractivity (Wildman–Crippen MR) is 145 cm³/mol. The molecule has 5 aliphatic heterocycles. The molecule has 216 valence electrons. The number of nitrogens with zero attached hydrogens (tertiary/aromatic N) is 2. The second kappa shape index (κ2) is 12.2. The molecule has 3 aromatic rings. The fourth-order valence-electron chi connectivity index (χ4n) is 4.90. The summed E-state index contributed by atoms with van der Waals surface area (Å²) >= 11 is 0. The Balaban J connectivity index is 1.42. The summed E-state index contributed by atoms with van der Waals surface area (Å²) in [5.41, 5.74) is 1.88. The summed E-state index contributed by atoms with van der Waals surface area (Å²) in [6.07, 6.45) is 1.42. The number of aryl methyl sites for hydroxylation is 2. The minimum absolute atomic E-state index is 0.112. The summed E-state index contributed by atoms with van der Waals surface area (Å²) in [7, 11) is 3.05. The lowest BCUT2D eigenvalue weighted by Gasteiger charge is -2.22. The number of methoxy groups -OCH3 is 2. The third kappa shape index (κ3) is 6.37. The van der Waals surface area contributed by atoms with E-state index in [0.717, 1.165) is 11.1 Å². The Hall–Kier alpha value is -4.74. The highest BCUT2D eigenvalue weighted by Crippen LogP contribution is 2.30. The predicted octanol–water partition coefficient (Wildman–Crippen LogP) is 2.03. The molecular weight excluding hydrogens is 532 g/mol. The van der Waals surface area contributed by atoms with E-state index in [0.29, 0.717) is 35.2 Å². The summed E-state index contributed by atoms with van der Waals surface area (Å²) in [6.45, 7) is 2.06.